The molecule has 2 aromatic rings. The molecule has 1 aliphatic heterocycles. The highest BCUT2D eigenvalue weighted by Gasteiger charge is 2.22. The molecule has 0 unspecified atom stereocenters. The highest BCUT2D eigenvalue weighted by Crippen LogP contribution is 2.35. The van der Waals surface area contributed by atoms with E-state index in [0.29, 0.717) is 5.75 Å². The van der Waals surface area contributed by atoms with Crippen molar-refractivity contribution in [1.82, 2.24) is 0 Å². The number of benzene rings is 2. The number of carbonyl (C=O) groups is 1. The van der Waals surface area contributed by atoms with E-state index in [0.717, 1.165) is 16.3 Å². The van der Waals surface area contributed by atoms with Crippen LogP contribution in [0.4, 0.5) is 15.8 Å². The van der Waals surface area contributed by atoms with Crippen molar-refractivity contribution in [2.45, 2.75) is 4.90 Å². The third-order valence-corrected chi connectivity index (χ3v) is 3.98. The second kappa shape index (κ2) is 5.65. The quantitative estimate of drug-likeness (QED) is 0.884. The van der Waals surface area contributed by atoms with Crippen molar-refractivity contribution in [2.75, 3.05) is 23.3 Å². The number of amides is 1. The van der Waals surface area contributed by atoms with Crippen molar-refractivity contribution < 1.29 is 13.9 Å². The molecule has 0 atom stereocenters. The molecule has 6 heteroatoms. The molecule has 0 spiro atoms. The first-order valence-corrected chi connectivity index (χ1v) is 7.17. The summed E-state index contributed by atoms with van der Waals surface area (Å²) in [6, 6.07) is 11.8. The summed E-state index contributed by atoms with van der Waals surface area (Å²) >= 11 is 1.39. The number of ether oxygens (including phenoxy) is 1. The lowest BCUT2D eigenvalue weighted by molar-refractivity contribution is -0.120. The van der Waals surface area contributed by atoms with Crippen LogP contribution in [-0.2, 0) is 4.79 Å². The smallest absolute Gasteiger partial charge is 0.264 e. The highest BCUT2D eigenvalue weighted by atomic mass is 32.2. The highest BCUT2D eigenvalue weighted by molar-refractivity contribution is 8.00. The maximum Gasteiger partial charge on any atom is 0.264 e. The van der Waals surface area contributed by atoms with Gasteiger partial charge in [0.25, 0.3) is 5.91 Å². The van der Waals surface area contributed by atoms with Gasteiger partial charge in [0.1, 0.15) is 11.6 Å². The third-order valence-electron chi connectivity index (χ3n) is 3.15. The Morgan fingerprint density at radius 3 is 2.76 bits per heavy atom. The molecule has 1 amide bonds. The first-order chi connectivity index (χ1) is 10.1. The van der Waals surface area contributed by atoms with Gasteiger partial charge in [-0.25, -0.2) is 4.39 Å². The monoisotopic (exact) mass is 304 g/mol. The predicted molar refractivity (Wildman–Crippen MR) is 81.2 cm³/mol. The normalized spacial score (nSPS) is 13.6. The maximum absolute atomic E-state index is 12.8. The van der Waals surface area contributed by atoms with Crippen molar-refractivity contribution >= 4 is 29.2 Å². The van der Waals surface area contributed by atoms with Crippen LogP contribution in [0.5, 0.6) is 5.75 Å². The second-order valence-corrected chi connectivity index (χ2v) is 5.46. The number of anilines is 2. The molecule has 0 saturated heterocycles. The predicted octanol–water partition coefficient (Wildman–Crippen LogP) is 3.30. The van der Waals surface area contributed by atoms with Crippen LogP contribution in [0.2, 0.25) is 0 Å². The molecule has 0 saturated carbocycles. The molecule has 3 rings (SSSR count). The molecule has 21 heavy (non-hydrogen) atoms. The summed E-state index contributed by atoms with van der Waals surface area (Å²) < 4.78 is 21.3. The zero-order valence-corrected chi connectivity index (χ0v) is 12.1. The molecule has 0 aliphatic carbocycles. The SMILES string of the molecule is CN1C(=O)COc2ccc(SNc3ccc(F)cc3)cc21. The molecule has 2 aromatic carbocycles. The van der Waals surface area contributed by atoms with Crippen molar-refractivity contribution in [1.29, 1.82) is 0 Å². The first kappa shape index (κ1) is 13.8. The number of nitrogens with one attached hydrogen (secondary N) is 1. The van der Waals surface area contributed by atoms with Gasteiger partial charge >= 0.3 is 0 Å². The van der Waals surface area contributed by atoms with E-state index in [1.807, 2.05) is 18.2 Å². The minimum absolute atomic E-state index is 0.0730. The van der Waals surface area contributed by atoms with Gasteiger partial charge in [-0.2, -0.15) is 0 Å². The van der Waals surface area contributed by atoms with Crippen molar-refractivity contribution in [3.05, 3.63) is 48.3 Å². The number of hydrogen-bond donors (Lipinski definition) is 1. The Hall–Kier alpha value is -2.21. The van der Waals surface area contributed by atoms with Crippen LogP contribution in [0.1, 0.15) is 0 Å². The Balaban J connectivity index is 1.75. The zero-order valence-electron chi connectivity index (χ0n) is 11.3. The molecule has 1 aliphatic rings. The van der Waals surface area contributed by atoms with E-state index in [1.165, 1.54) is 24.1 Å². The van der Waals surface area contributed by atoms with Gasteiger partial charge in [0.2, 0.25) is 0 Å². The number of carbonyl (C=O) groups excluding carboxylic acids is 1. The van der Waals surface area contributed by atoms with Crippen molar-refractivity contribution in [3.63, 3.8) is 0 Å². The Labute approximate surface area is 126 Å². The van der Waals surface area contributed by atoms with Crippen molar-refractivity contribution in [2.24, 2.45) is 0 Å². The van der Waals surface area contributed by atoms with Gasteiger partial charge in [0.05, 0.1) is 5.69 Å². The van der Waals surface area contributed by atoms with Gasteiger partial charge in [-0.15, -0.1) is 0 Å². The zero-order chi connectivity index (χ0) is 14.8. The minimum Gasteiger partial charge on any atom is -0.482 e. The largest absolute Gasteiger partial charge is 0.482 e. The van der Waals surface area contributed by atoms with E-state index >= 15 is 0 Å². The molecule has 0 bridgehead atoms. The van der Waals surface area contributed by atoms with Crippen LogP contribution in [0.15, 0.2) is 47.4 Å². The Morgan fingerprint density at radius 1 is 1.24 bits per heavy atom. The maximum atomic E-state index is 12.8. The van der Waals surface area contributed by atoms with Crippen LogP contribution < -0.4 is 14.4 Å². The van der Waals surface area contributed by atoms with Gasteiger partial charge in [-0.1, -0.05) is 0 Å². The number of halogens is 1. The molecule has 1 N–H and O–H groups in total. The number of rotatable bonds is 3. The van der Waals surface area contributed by atoms with E-state index in [-0.39, 0.29) is 18.3 Å². The van der Waals surface area contributed by atoms with Crippen LogP contribution in [0, 0.1) is 5.82 Å². The van der Waals surface area contributed by atoms with E-state index in [1.54, 1.807) is 24.1 Å². The van der Waals surface area contributed by atoms with E-state index in [2.05, 4.69) is 4.72 Å². The van der Waals surface area contributed by atoms with E-state index in [9.17, 15) is 9.18 Å². The van der Waals surface area contributed by atoms with Crippen LogP contribution in [0.25, 0.3) is 0 Å². The molecule has 0 radical (unpaired) electrons. The summed E-state index contributed by atoms with van der Waals surface area (Å²) in [5, 5.41) is 0. The number of likely N-dealkylation sites (N-methyl/N-ethyl adjacent to an activating group) is 1. The average molecular weight is 304 g/mol. The minimum atomic E-state index is -0.267. The van der Waals surface area contributed by atoms with Crippen molar-refractivity contribution in [3.8, 4) is 5.75 Å². The number of nitrogens with zero attached hydrogens (tertiary/aromatic N) is 1. The van der Waals surface area contributed by atoms with E-state index in [4.69, 9.17) is 4.74 Å². The molecule has 1 heterocycles. The third kappa shape index (κ3) is 2.95. The molecular formula is C15H13FN2O2S. The average Bonchev–Trinajstić information content (AvgIpc) is 2.51. The van der Waals surface area contributed by atoms with Gasteiger partial charge < -0.3 is 14.4 Å². The molecule has 0 fully saturated rings. The summed E-state index contributed by atoms with van der Waals surface area (Å²) in [6.07, 6.45) is 0. The Bertz CT molecular complexity index is 676. The number of fused-ring (bicyclic) bond motifs is 1. The van der Waals surface area contributed by atoms with Crippen LogP contribution >= 0.6 is 11.9 Å². The van der Waals surface area contributed by atoms with Gasteiger partial charge in [0.15, 0.2) is 6.61 Å². The summed E-state index contributed by atoms with van der Waals surface area (Å²) in [7, 11) is 1.73. The van der Waals surface area contributed by atoms with Crippen LogP contribution in [0.3, 0.4) is 0 Å². The first-order valence-electron chi connectivity index (χ1n) is 6.35. The molecule has 108 valence electrons. The summed E-state index contributed by atoms with van der Waals surface area (Å²) in [4.78, 5) is 14.1. The Morgan fingerprint density at radius 2 is 2.00 bits per heavy atom. The second-order valence-electron chi connectivity index (χ2n) is 4.58. The topological polar surface area (TPSA) is 41.6 Å². The molecule has 4 nitrogen and oxygen atoms in total. The van der Waals surface area contributed by atoms with Gasteiger partial charge in [-0.3, -0.25) is 4.79 Å². The fraction of sp³-hybridized carbons (Fsp3) is 0.133. The summed E-state index contributed by atoms with van der Waals surface area (Å²) in [5.74, 6) is 0.357. The lowest BCUT2D eigenvalue weighted by atomic mass is 10.2. The molecule has 0 aromatic heterocycles. The summed E-state index contributed by atoms with van der Waals surface area (Å²) in [6.45, 7) is 0.0732. The lowest BCUT2D eigenvalue weighted by Gasteiger charge is -2.26. The fourth-order valence-corrected chi connectivity index (χ4v) is 2.63. The standard InChI is InChI=1S/C15H13FN2O2S/c1-18-13-8-12(6-7-14(13)20-9-15(18)19)21-17-11-4-2-10(16)3-5-11/h2-8,17H,9H2,1H3. The number of hydrogen-bond acceptors (Lipinski definition) is 4. The molecular weight excluding hydrogens is 291 g/mol. The fourth-order valence-electron chi connectivity index (χ4n) is 1.95. The van der Waals surface area contributed by atoms with Crippen LogP contribution in [-0.4, -0.2) is 19.6 Å². The summed E-state index contributed by atoms with van der Waals surface area (Å²) in [5.41, 5.74) is 1.55. The van der Waals surface area contributed by atoms with Gasteiger partial charge in [-0.05, 0) is 54.4 Å². The van der Waals surface area contributed by atoms with Gasteiger partial charge in [0, 0.05) is 17.6 Å². The van der Waals surface area contributed by atoms with E-state index < -0.39 is 0 Å². The Kier molecular flexibility index (Phi) is 3.70. The lowest BCUT2D eigenvalue weighted by Crippen LogP contribution is -2.35.